The minimum Gasteiger partial charge on any atom is -0.480 e. The summed E-state index contributed by atoms with van der Waals surface area (Å²) in [5.41, 5.74) is -0.140. The second-order valence-electron chi connectivity index (χ2n) is 11.3. The molecular weight excluding hydrogens is 448 g/mol. The number of likely N-dealkylation sites (tertiary alicyclic amines) is 1. The lowest BCUT2D eigenvalue weighted by Crippen LogP contribution is -2.59. The van der Waals surface area contributed by atoms with Gasteiger partial charge < -0.3 is 25.5 Å². The fraction of sp³-hybridized carbons (Fsp3) is 0.769. The summed E-state index contributed by atoms with van der Waals surface area (Å²) >= 11 is 0. The monoisotopic (exact) mass is 494 g/mol. The molecule has 9 nitrogen and oxygen atoms in total. The van der Waals surface area contributed by atoms with Crippen molar-refractivity contribution in [1.82, 2.24) is 20.4 Å². The maximum atomic E-state index is 13.7. The van der Waals surface area contributed by atoms with Crippen molar-refractivity contribution < 1.29 is 24.3 Å². The van der Waals surface area contributed by atoms with Crippen molar-refractivity contribution in [3.8, 4) is 0 Å². The molecule has 1 saturated heterocycles. The highest BCUT2D eigenvalue weighted by atomic mass is 16.4. The van der Waals surface area contributed by atoms with E-state index in [1.165, 1.54) is 4.90 Å². The Bertz CT molecular complexity index is 815. The molecule has 1 aliphatic heterocycles. The van der Waals surface area contributed by atoms with Gasteiger partial charge in [-0.2, -0.15) is 0 Å². The zero-order valence-electron chi connectivity index (χ0n) is 23.1. The normalized spacial score (nSPS) is 19.5. The van der Waals surface area contributed by atoms with Gasteiger partial charge in [0, 0.05) is 19.2 Å². The van der Waals surface area contributed by atoms with Crippen molar-refractivity contribution in [3.05, 3.63) is 11.6 Å². The van der Waals surface area contributed by atoms with Crippen LogP contribution in [0.25, 0.3) is 0 Å². The summed E-state index contributed by atoms with van der Waals surface area (Å²) in [5, 5.41) is 15.4. The topological polar surface area (TPSA) is 119 Å². The molecule has 0 bridgehead atoms. The van der Waals surface area contributed by atoms with Crippen LogP contribution in [0.5, 0.6) is 0 Å². The first kappa shape index (κ1) is 30.6. The molecule has 0 spiro atoms. The predicted molar refractivity (Wildman–Crippen MR) is 137 cm³/mol. The molecule has 1 rings (SSSR count). The van der Waals surface area contributed by atoms with Crippen LogP contribution in [-0.4, -0.2) is 83.4 Å². The van der Waals surface area contributed by atoms with Gasteiger partial charge in [0.15, 0.2) is 0 Å². The molecule has 0 unspecified atom stereocenters. The van der Waals surface area contributed by atoms with Crippen LogP contribution >= 0.6 is 0 Å². The van der Waals surface area contributed by atoms with Gasteiger partial charge >= 0.3 is 5.97 Å². The maximum absolute atomic E-state index is 13.7. The van der Waals surface area contributed by atoms with Crippen molar-refractivity contribution in [1.29, 1.82) is 0 Å². The van der Waals surface area contributed by atoms with Gasteiger partial charge in [0.25, 0.3) is 0 Å². The fourth-order valence-corrected chi connectivity index (χ4v) is 4.57. The summed E-state index contributed by atoms with van der Waals surface area (Å²) in [6.45, 7) is 15.6. The largest absolute Gasteiger partial charge is 0.480 e. The van der Waals surface area contributed by atoms with Gasteiger partial charge in [-0.15, -0.1) is 0 Å². The van der Waals surface area contributed by atoms with E-state index in [9.17, 15) is 24.3 Å². The number of carbonyl (C=O) groups is 4. The summed E-state index contributed by atoms with van der Waals surface area (Å²) in [4.78, 5) is 54.2. The van der Waals surface area contributed by atoms with E-state index in [-0.39, 0.29) is 29.6 Å². The van der Waals surface area contributed by atoms with E-state index in [4.69, 9.17) is 0 Å². The molecule has 1 heterocycles. The third-order valence-electron chi connectivity index (χ3n) is 6.69. The Labute approximate surface area is 210 Å². The average Bonchev–Trinajstić information content (AvgIpc) is 3.23. The van der Waals surface area contributed by atoms with Gasteiger partial charge in [-0.1, -0.05) is 54.5 Å². The van der Waals surface area contributed by atoms with Crippen LogP contribution in [-0.2, 0) is 19.2 Å². The number of carboxylic acid groups (broad SMARTS) is 1. The van der Waals surface area contributed by atoms with E-state index in [1.807, 2.05) is 48.5 Å². The lowest BCUT2D eigenvalue weighted by molar-refractivity contribution is -0.146. The Morgan fingerprint density at radius 2 is 1.66 bits per heavy atom. The molecule has 35 heavy (non-hydrogen) atoms. The van der Waals surface area contributed by atoms with E-state index in [0.717, 1.165) is 0 Å². The molecule has 0 aliphatic carbocycles. The Hall–Kier alpha value is -2.42. The highest BCUT2D eigenvalue weighted by Crippen LogP contribution is 2.25. The van der Waals surface area contributed by atoms with Crippen molar-refractivity contribution in [2.24, 2.45) is 17.3 Å². The fourth-order valence-electron chi connectivity index (χ4n) is 4.57. The van der Waals surface area contributed by atoms with Crippen molar-refractivity contribution in [2.75, 3.05) is 20.6 Å². The van der Waals surface area contributed by atoms with Gasteiger partial charge in [0.2, 0.25) is 17.7 Å². The summed E-state index contributed by atoms with van der Waals surface area (Å²) < 4.78 is 0. The first-order valence-electron chi connectivity index (χ1n) is 12.5. The van der Waals surface area contributed by atoms with Gasteiger partial charge in [-0.3, -0.25) is 14.4 Å². The summed E-state index contributed by atoms with van der Waals surface area (Å²) in [7, 11) is 3.40. The Balaban J connectivity index is 3.21. The number of hydrogen-bond donors (Lipinski definition) is 3. The van der Waals surface area contributed by atoms with Crippen molar-refractivity contribution in [3.63, 3.8) is 0 Å². The predicted octanol–water partition coefficient (Wildman–Crippen LogP) is 2.27. The Kier molecular flexibility index (Phi) is 10.9. The lowest BCUT2D eigenvalue weighted by atomic mass is 9.84. The van der Waals surface area contributed by atoms with Gasteiger partial charge in [-0.25, -0.2) is 4.79 Å². The highest BCUT2D eigenvalue weighted by Gasteiger charge is 2.39. The van der Waals surface area contributed by atoms with Crippen LogP contribution in [0.4, 0.5) is 0 Å². The average molecular weight is 495 g/mol. The SMILES string of the molecule is CN[C@H](C(=O)N[C@H](C(=O)N(C)[C@H](/C=C(\C)C(=O)N1CCC[C@H]1C(=O)O)C(C)C)C(C)(C)C)C(C)C. The molecule has 4 atom stereocenters. The number of likely N-dealkylation sites (N-methyl/N-ethyl adjacent to an activating group) is 2. The summed E-state index contributed by atoms with van der Waals surface area (Å²) in [6.07, 6.45) is 2.84. The van der Waals surface area contributed by atoms with E-state index in [0.29, 0.717) is 25.0 Å². The second-order valence-corrected chi connectivity index (χ2v) is 11.3. The highest BCUT2D eigenvalue weighted by molar-refractivity contribution is 5.96. The minimum absolute atomic E-state index is 0.0161. The third kappa shape index (κ3) is 7.78. The number of amides is 3. The number of carboxylic acids is 1. The van der Waals surface area contributed by atoms with E-state index in [2.05, 4.69) is 10.6 Å². The minimum atomic E-state index is -0.999. The Morgan fingerprint density at radius 1 is 1.09 bits per heavy atom. The number of nitrogens with one attached hydrogen (secondary N) is 2. The zero-order chi connectivity index (χ0) is 27.2. The lowest BCUT2D eigenvalue weighted by Gasteiger charge is -2.38. The van der Waals surface area contributed by atoms with Crippen LogP contribution in [0, 0.1) is 17.3 Å². The van der Waals surface area contributed by atoms with Crippen LogP contribution in [0.15, 0.2) is 11.6 Å². The first-order valence-corrected chi connectivity index (χ1v) is 12.5. The Morgan fingerprint density at radius 3 is 2.09 bits per heavy atom. The number of aliphatic carboxylic acids is 1. The molecule has 0 aromatic carbocycles. The molecule has 0 radical (unpaired) electrons. The van der Waals surface area contributed by atoms with Crippen LogP contribution in [0.3, 0.4) is 0 Å². The standard InChI is InChI=1S/C26H46N4O5/c1-15(2)19(14-17(5)23(32)30-13-11-12-18(30)25(34)35)29(10)24(33)21(26(6,7)8)28-22(31)20(27-9)16(3)4/h14-16,18-21,27H,11-13H2,1-10H3,(H,28,31)(H,34,35)/b17-14+/t18-,19+,20-,21+/m0/s1. The number of hydrogen-bond acceptors (Lipinski definition) is 5. The van der Waals surface area contributed by atoms with Crippen LogP contribution in [0.2, 0.25) is 0 Å². The molecular formula is C26H46N4O5. The van der Waals surface area contributed by atoms with Crippen molar-refractivity contribution in [2.45, 2.75) is 92.4 Å². The maximum Gasteiger partial charge on any atom is 0.326 e. The van der Waals surface area contributed by atoms with Crippen molar-refractivity contribution >= 4 is 23.7 Å². The molecule has 3 amide bonds. The molecule has 9 heteroatoms. The first-order chi connectivity index (χ1) is 16.0. The summed E-state index contributed by atoms with van der Waals surface area (Å²) in [5.74, 6) is -1.77. The molecule has 3 N–H and O–H groups in total. The molecule has 0 aromatic heterocycles. The van der Waals surface area contributed by atoms with Gasteiger partial charge in [0.05, 0.1) is 12.1 Å². The zero-order valence-corrected chi connectivity index (χ0v) is 23.1. The quantitative estimate of drug-likeness (QED) is 0.401. The molecule has 0 aromatic rings. The van der Waals surface area contributed by atoms with E-state index in [1.54, 1.807) is 32.0 Å². The van der Waals surface area contributed by atoms with Gasteiger partial charge in [0.1, 0.15) is 12.1 Å². The van der Waals surface area contributed by atoms with Crippen LogP contribution < -0.4 is 10.6 Å². The van der Waals surface area contributed by atoms with Crippen LogP contribution in [0.1, 0.15) is 68.2 Å². The van der Waals surface area contributed by atoms with E-state index < -0.39 is 35.6 Å². The molecule has 1 fully saturated rings. The van der Waals surface area contributed by atoms with E-state index >= 15 is 0 Å². The summed E-state index contributed by atoms with van der Waals surface area (Å²) in [6, 6.07) is -2.43. The smallest absolute Gasteiger partial charge is 0.326 e. The molecule has 200 valence electrons. The number of carbonyl (C=O) groups excluding carboxylic acids is 3. The second kappa shape index (κ2) is 12.5. The number of nitrogens with zero attached hydrogens (tertiary/aromatic N) is 2. The molecule has 0 saturated carbocycles. The van der Waals surface area contributed by atoms with Gasteiger partial charge in [-0.05, 0) is 44.1 Å². The third-order valence-corrected chi connectivity index (χ3v) is 6.69. The number of rotatable bonds is 10. The molecule has 1 aliphatic rings.